The summed E-state index contributed by atoms with van der Waals surface area (Å²) in [5.74, 6) is 0.386. The molecule has 0 heterocycles. The van der Waals surface area contributed by atoms with Crippen LogP contribution in [0, 0.1) is 0 Å². The second kappa shape index (κ2) is 4.68. The summed E-state index contributed by atoms with van der Waals surface area (Å²) in [4.78, 5) is 29.1. The van der Waals surface area contributed by atoms with Gasteiger partial charge in [-0.25, -0.2) is 0 Å². The number of hydrogen-bond acceptors (Lipinski definition) is 3. The van der Waals surface area contributed by atoms with Crippen LogP contribution in [-0.2, 0) is 0 Å². The summed E-state index contributed by atoms with van der Waals surface area (Å²) in [6.07, 6.45) is 1.96. The Labute approximate surface area is 94.0 Å². The van der Waals surface area contributed by atoms with Gasteiger partial charge in [0, 0.05) is 0 Å². The molecular weight excluding hydrogens is 299 g/mol. The zero-order valence-corrected chi connectivity index (χ0v) is 12.7. The Kier molecular flexibility index (Phi) is 3.98. The van der Waals surface area contributed by atoms with E-state index in [0.29, 0.717) is 12.4 Å². The molecule has 0 N–H and O–H groups in total. The van der Waals surface area contributed by atoms with Crippen molar-refractivity contribution >= 4 is 22.0 Å². The molecular formula is C11H18O3Sn. The Morgan fingerprint density at radius 3 is 2.20 bits per heavy atom. The van der Waals surface area contributed by atoms with Crippen LogP contribution in [0.4, 0.5) is 0 Å². The van der Waals surface area contributed by atoms with Gasteiger partial charge in [0.25, 0.3) is 0 Å². The molecule has 4 heteroatoms. The van der Waals surface area contributed by atoms with Gasteiger partial charge >= 0.3 is 94.1 Å². The summed E-state index contributed by atoms with van der Waals surface area (Å²) in [5, 5.41) is 0. The van der Waals surface area contributed by atoms with Crippen LogP contribution >= 0.6 is 0 Å². The summed E-state index contributed by atoms with van der Waals surface area (Å²) < 4.78 is 6.16. The molecule has 0 aliphatic rings. The molecule has 0 saturated heterocycles. The van der Waals surface area contributed by atoms with Crippen molar-refractivity contribution < 1.29 is 4.74 Å². The molecule has 0 spiro atoms. The van der Waals surface area contributed by atoms with E-state index < -0.39 is 23.8 Å². The molecule has 0 atom stereocenters. The predicted octanol–water partition coefficient (Wildman–Crippen LogP) is 1.01. The van der Waals surface area contributed by atoms with Crippen molar-refractivity contribution in [2.45, 2.75) is 34.6 Å². The molecule has 1 rings (SSSR count). The third kappa shape index (κ3) is 2.62. The van der Waals surface area contributed by atoms with Gasteiger partial charge in [0.05, 0.1) is 0 Å². The molecule has 0 aliphatic carbocycles. The van der Waals surface area contributed by atoms with E-state index in [-0.39, 0.29) is 5.43 Å². The van der Waals surface area contributed by atoms with Gasteiger partial charge in [-0.2, -0.15) is 0 Å². The Bertz CT molecular complexity index is 408. The van der Waals surface area contributed by atoms with Gasteiger partial charge in [0.2, 0.25) is 0 Å². The first-order chi connectivity index (χ1) is 6.89. The molecule has 15 heavy (non-hydrogen) atoms. The van der Waals surface area contributed by atoms with Gasteiger partial charge < -0.3 is 0 Å². The van der Waals surface area contributed by atoms with Crippen LogP contribution in [0.1, 0.15) is 19.8 Å². The normalized spacial score (nSPS) is 12.0. The molecule has 1 aromatic carbocycles. The maximum absolute atomic E-state index is 11.4. The van der Waals surface area contributed by atoms with Crippen LogP contribution < -0.4 is 19.2 Å². The quantitative estimate of drug-likeness (QED) is 0.462. The molecule has 0 unspecified atom stereocenters. The predicted molar refractivity (Wildman–Crippen MR) is 64.7 cm³/mol. The average molecular weight is 317 g/mol. The van der Waals surface area contributed by atoms with Crippen molar-refractivity contribution in [3.05, 3.63) is 20.4 Å². The van der Waals surface area contributed by atoms with Crippen LogP contribution in [-0.4, -0.2) is 25.0 Å². The van der Waals surface area contributed by atoms with Gasteiger partial charge in [-0.15, -0.1) is 0 Å². The molecule has 1 aromatic rings. The number of rotatable bonds is 5. The second-order valence-corrected chi connectivity index (χ2v) is 19.1. The zero-order chi connectivity index (χ0) is 11.6. The number of hydrogen-bond donors (Lipinski definition) is 0. The second-order valence-electron chi connectivity index (χ2n) is 4.81. The average Bonchev–Trinajstić information content (AvgIpc) is 2.13. The van der Waals surface area contributed by atoms with Gasteiger partial charge in [-0.05, 0) is 0 Å². The van der Waals surface area contributed by atoms with E-state index in [1.54, 1.807) is 0 Å². The Morgan fingerprint density at radius 2 is 1.73 bits per heavy atom. The van der Waals surface area contributed by atoms with E-state index in [1.807, 2.05) is 0 Å². The van der Waals surface area contributed by atoms with Crippen molar-refractivity contribution in [1.82, 2.24) is 0 Å². The molecule has 0 aromatic heterocycles. The summed E-state index contributed by atoms with van der Waals surface area (Å²) in [7, 11) is 0. The first-order valence-electron chi connectivity index (χ1n) is 5.36. The van der Waals surface area contributed by atoms with Crippen LogP contribution in [0.2, 0.25) is 14.8 Å². The first kappa shape index (κ1) is 12.7. The fraction of sp³-hybridized carbons (Fsp3) is 0.636. The van der Waals surface area contributed by atoms with E-state index in [1.165, 1.54) is 0 Å². The Morgan fingerprint density at radius 1 is 1.13 bits per heavy atom. The van der Waals surface area contributed by atoms with Crippen molar-refractivity contribution in [2.75, 3.05) is 6.61 Å². The molecule has 84 valence electrons. The van der Waals surface area contributed by atoms with E-state index in [0.717, 1.165) is 16.4 Å². The van der Waals surface area contributed by atoms with E-state index in [4.69, 9.17) is 4.74 Å². The Hall–Kier alpha value is -0.321. The molecule has 0 radical (unpaired) electrons. The van der Waals surface area contributed by atoms with Gasteiger partial charge in [0.1, 0.15) is 0 Å². The molecule has 0 saturated carbocycles. The van der Waals surface area contributed by atoms with E-state index >= 15 is 0 Å². The minimum atomic E-state index is -2.44. The van der Waals surface area contributed by atoms with Crippen molar-refractivity contribution in [3.63, 3.8) is 0 Å². The molecule has 0 aliphatic heterocycles. The molecule has 3 nitrogen and oxygen atoms in total. The van der Waals surface area contributed by atoms with Crippen LogP contribution in [0.25, 0.3) is 0 Å². The monoisotopic (exact) mass is 318 g/mol. The zero-order valence-electron chi connectivity index (χ0n) is 9.85. The van der Waals surface area contributed by atoms with Crippen molar-refractivity contribution in [2.24, 2.45) is 0 Å². The standard InChI is InChI=1S/C8H9O3.3CH3.Sn/c1-2-3-4-11-7-5-6(9)8(7)10;;;;/h2-4H2,1H3;3*1H3;. The van der Waals surface area contributed by atoms with Crippen LogP contribution in [0.5, 0.6) is 5.75 Å². The van der Waals surface area contributed by atoms with Gasteiger partial charge in [-0.3, -0.25) is 0 Å². The SMILES string of the molecule is CCCCOc1[c]([Sn]([CH3])([CH3])[CH3])c(=O)c1=O. The summed E-state index contributed by atoms with van der Waals surface area (Å²) in [5.41, 5.74) is -0.697. The third-order valence-electron chi connectivity index (χ3n) is 2.36. The maximum atomic E-state index is 11.4. The fourth-order valence-electron chi connectivity index (χ4n) is 1.51. The minimum absolute atomic E-state index is 0.287. The van der Waals surface area contributed by atoms with Crippen molar-refractivity contribution in [3.8, 4) is 5.75 Å². The van der Waals surface area contributed by atoms with Crippen molar-refractivity contribution in [1.29, 1.82) is 0 Å². The topological polar surface area (TPSA) is 43.4 Å². The molecule has 0 fully saturated rings. The molecule has 0 amide bonds. The van der Waals surface area contributed by atoms with E-state index in [2.05, 4.69) is 21.7 Å². The van der Waals surface area contributed by atoms with Crippen LogP contribution in [0.15, 0.2) is 9.59 Å². The number of ether oxygens (including phenoxy) is 1. The van der Waals surface area contributed by atoms with Gasteiger partial charge in [0.15, 0.2) is 0 Å². The third-order valence-corrected chi connectivity index (χ3v) is 7.94. The fourth-order valence-corrected chi connectivity index (χ4v) is 6.25. The Balaban J connectivity index is 2.86. The van der Waals surface area contributed by atoms with Gasteiger partial charge in [-0.1, -0.05) is 0 Å². The summed E-state index contributed by atoms with van der Waals surface area (Å²) in [6, 6.07) is 0. The van der Waals surface area contributed by atoms with Crippen LogP contribution in [0.3, 0.4) is 0 Å². The summed E-state index contributed by atoms with van der Waals surface area (Å²) in [6.45, 7) is 2.62. The molecule has 0 bridgehead atoms. The first-order valence-corrected chi connectivity index (χ1v) is 15.3. The number of unbranched alkanes of at least 4 members (excludes halogenated alkanes) is 1. The van der Waals surface area contributed by atoms with E-state index in [9.17, 15) is 9.59 Å². The summed E-state index contributed by atoms with van der Waals surface area (Å²) >= 11 is -2.44.